The van der Waals surface area contributed by atoms with E-state index in [1.807, 2.05) is 25.1 Å². The van der Waals surface area contributed by atoms with Gasteiger partial charge in [-0.05, 0) is 36.8 Å². The summed E-state index contributed by atoms with van der Waals surface area (Å²) in [6, 6.07) is 14.1. The van der Waals surface area contributed by atoms with Gasteiger partial charge in [0.2, 0.25) is 5.91 Å². The van der Waals surface area contributed by atoms with Gasteiger partial charge in [0.1, 0.15) is 0 Å². The van der Waals surface area contributed by atoms with Gasteiger partial charge in [-0.25, -0.2) is 0 Å². The molecule has 0 aliphatic heterocycles. The smallest absolute Gasteiger partial charge is 0.306 e. The third-order valence-electron chi connectivity index (χ3n) is 3.37. The van der Waals surface area contributed by atoms with E-state index in [-0.39, 0.29) is 18.7 Å². The Hall–Kier alpha value is -2.86. The average Bonchev–Trinajstić information content (AvgIpc) is 2.60. The predicted octanol–water partition coefficient (Wildman–Crippen LogP) is 3.55. The lowest BCUT2D eigenvalue weighted by atomic mass is 10.2. The molecule has 0 spiro atoms. The fraction of sp³-hybridized carbons (Fsp3) is 0.211. The number of esters is 1. The molecule has 6 nitrogen and oxygen atoms in total. The van der Waals surface area contributed by atoms with Crippen LogP contribution in [0.5, 0.6) is 0 Å². The molecular formula is C19H19ClN2O4. The summed E-state index contributed by atoms with van der Waals surface area (Å²) in [5.74, 6) is -1.43. The van der Waals surface area contributed by atoms with E-state index in [9.17, 15) is 14.4 Å². The lowest BCUT2D eigenvalue weighted by Gasteiger charge is -2.08. The lowest BCUT2D eigenvalue weighted by Crippen LogP contribution is -2.22. The molecule has 0 atom stereocenters. The highest BCUT2D eigenvalue weighted by atomic mass is 35.5. The standard InChI is InChI=1S/C19H19ClN2O4/c1-13-5-4-6-14(11-13)21-17(23)9-10-19(25)26-12-18(24)22-16-8-3-2-7-15(16)20/h2-8,11H,9-10,12H2,1H3,(H,21,23)(H,22,24). The summed E-state index contributed by atoms with van der Waals surface area (Å²) in [5.41, 5.74) is 2.13. The van der Waals surface area contributed by atoms with Gasteiger partial charge in [-0.1, -0.05) is 35.9 Å². The molecule has 0 heterocycles. The van der Waals surface area contributed by atoms with Crippen molar-refractivity contribution >= 4 is 40.8 Å². The van der Waals surface area contributed by atoms with Gasteiger partial charge in [-0.15, -0.1) is 0 Å². The number of rotatable bonds is 7. The van der Waals surface area contributed by atoms with Crippen molar-refractivity contribution in [2.24, 2.45) is 0 Å². The van der Waals surface area contributed by atoms with Crippen LogP contribution in [0, 0.1) is 6.92 Å². The Kier molecular flexibility index (Phi) is 7.17. The Morgan fingerprint density at radius 2 is 1.73 bits per heavy atom. The van der Waals surface area contributed by atoms with Crippen LogP contribution in [0.1, 0.15) is 18.4 Å². The molecule has 0 fully saturated rings. The van der Waals surface area contributed by atoms with Crippen LogP contribution >= 0.6 is 11.6 Å². The molecule has 0 saturated carbocycles. The first-order chi connectivity index (χ1) is 12.4. The molecule has 0 aliphatic carbocycles. The topological polar surface area (TPSA) is 84.5 Å². The molecule has 2 amide bonds. The van der Waals surface area contributed by atoms with Crippen molar-refractivity contribution < 1.29 is 19.1 Å². The molecule has 0 aliphatic rings. The third kappa shape index (κ3) is 6.57. The summed E-state index contributed by atoms with van der Waals surface area (Å²) in [6.45, 7) is 1.48. The Balaban J connectivity index is 1.69. The van der Waals surface area contributed by atoms with E-state index >= 15 is 0 Å². The summed E-state index contributed by atoms with van der Waals surface area (Å²) < 4.78 is 4.86. The first kappa shape index (κ1) is 19.5. The van der Waals surface area contributed by atoms with Crippen molar-refractivity contribution in [3.8, 4) is 0 Å². The maximum absolute atomic E-state index is 11.8. The summed E-state index contributed by atoms with van der Waals surface area (Å²) in [7, 11) is 0. The van der Waals surface area contributed by atoms with Crippen molar-refractivity contribution in [3.05, 3.63) is 59.1 Å². The van der Waals surface area contributed by atoms with Gasteiger partial charge in [0.05, 0.1) is 17.1 Å². The molecule has 2 N–H and O–H groups in total. The van der Waals surface area contributed by atoms with Gasteiger partial charge in [-0.2, -0.15) is 0 Å². The number of anilines is 2. The van der Waals surface area contributed by atoms with E-state index in [1.165, 1.54) is 0 Å². The zero-order chi connectivity index (χ0) is 18.9. The second kappa shape index (κ2) is 9.58. The third-order valence-corrected chi connectivity index (χ3v) is 3.70. The number of nitrogens with one attached hydrogen (secondary N) is 2. The maximum atomic E-state index is 11.8. The highest BCUT2D eigenvalue weighted by Gasteiger charge is 2.11. The van der Waals surface area contributed by atoms with Crippen molar-refractivity contribution in [2.45, 2.75) is 19.8 Å². The van der Waals surface area contributed by atoms with Gasteiger partial charge in [0.15, 0.2) is 6.61 Å². The van der Waals surface area contributed by atoms with E-state index < -0.39 is 18.5 Å². The first-order valence-electron chi connectivity index (χ1n) is 8.00. The first-order valence-corrected chi connectivity index (χ1v) is 8.38. The van der Waals surface area contributed by atoms with Crippen LogP contribution in [0.4, 0.5) is 11.4 Å². The minimum absolute atomic E-state index is 0.0289. The number of para-hydroxylation sites is 1. The number of hydrogen-bond donors (Lipinski definition) is 2. The lowest BCUT2D eigenvalue weighted by molar-refractivity contribution is -0.147. The molecule has 7 heteroatoms. The number of carbonyl (C=O) groups is 3. The van der Waals surface area contributed by atoms with Gasteiger partial charge in [0, 0.05) is 12.1 Å². The van der Waals surface area contributed by atoms with Crippen LogP contribution in [-0.2, 0) is 19.1 Å². The second-order valence-electron chi connectivity index (χ2n) is 5.61. The number of benzene rings is 2. The Bertz CT molecular complexity index is 808. The van der Waals surface area contributed by atoms with Crippen LogP contribution in [0.25, 0.3) is 0 Å². The Morgan fingerprint density at radius 3 is 2.46 bits per heavy atom. The fourth-order valence-electron chi connectivity index (χ4n) is 2.13. The number of carbonyl (C=O) groups excluding carboxylic acids is 3. The van der Waals surface area contributed by atoms with E-state index in [4.69, 9.17) is 16.3 Å². The molecule has 2 aromatic rings. The van der Waals surface area contributed by atoms with Crippen molar-refractivity contribution in [1.82, 2.24) is 0 Å². The van der Waals surface area contributed by atoms with Gasteiger partial charge >= 0.3 is 5.97 Å². The maximum Gasteiger partial charge on any atom is 0.306 e. The van der Waals surface area contributed by atoms with E-state index in [0.717, 1.165) is 5.56 Å². The van der Waals surface area contributed by atoms with Gasteiger partial charge in [0.25, 0.3) is 5.91 Å². The number of ether oxygens (including phenoxy) is 1. The number of amides is 2. The number of halogens is 1. The highest BCUT2D eigenvalue weighted by Crippen LogP contribution is 2.20. The van der Waals surface area contributed by atoms with Crippen LogP contribution in [0.3, 0.4) is 0 Å². The van der Waals surface area contributed by atoms with Crippen LogP contribution < -0.4 is 10.6 Å². The Labute approximate surface area is 156 Å². The predicted molar refractivity (Wildman–Crippen MR) is 100 cm³/mol. The largest absolute Gasteiger partial charge is 0.456 e. The molecule has 0 bridgehead atoms. The molecule has 2 aromatic carbocycles. The zero-order valence-electron chi connectivity index (χ0n) is 14.3. The van der Waals surface area contributed by atoms with Crippen LogP contribution in [0.2, 0.25) is 5.02 Å². The second-order valence-corrected chi connectivity index (χ2v) is 6.01. The summed E-state index contributed by atoms with van der Waals surface area (Å²) in [4.78, 5) is 35.3. The van der Waals surface area contributed by atoms with Crippen molar-refractivity contribution in [3.63, 3.8) is 0 Å². The van der Waals surface area contributed by atoms with E-state index in [0.29, 0.717) is 16.4 Å². The van der Waals surface area contributed by atoms with Crippen LogP contribution in [-0.4, -0.2) is 24.4 Å². The molecule has 0 radical (unpaired) electrons. The van der Waals surface area contributed by atoms with Crippen molar-refractivity contribution in [2.75, 3.05) is 17.2 Å². The molecule has 2 rings (SSSR count). The summed E-state index contributed by atoms with van der Waals surface area (Å²) >= 11 is 5.92. The van der Waals surface area contributed by atoms with Gasteiger partial charge in [-0.3, -0.25) is 14.4 Å². The molecule has 26 heavy (non-hydrogen) atoms. The monoisotopic (exact) mass is 374 g/mol. The molecule has 136 valence electrons. The van der Waals surface area contributed by atoms with Gasteiger partial charge < -0.3 is 15.4 Å². The minimum Gasteiger partial charge on any atom is -0.456 e. The quantitative estimate of drug-likeness (QED) is 0.726. The number of aryl methyl sites for hydroxylation is 1. The fourth-order valence-corrected chi connectivity index (χ4v) is 2.31. The highest BCUT2D eigenvalue weighted by molar-refractivity contribution is 6.33. The molecule has 0 saturated heterocycles. The number of hydrogen-bond acceptors (Lipinski definition) is 4. The summed E-state index contributed by atoms with van der Waals surface area (Å²) in [6.07, 6.45) is -0.143. The SMILES string of the molecule is Cc1cccc(NC(=O)CCC(=O)OCC(=O)Nc2ccccc2Cl)c1. The molecule has 0 aromatic heterocycles. The van der Waals surface area contributed by atoms with E-state index in [2.05, 4.69) is 10.6 Å². The van der Waals surface area contributed by atoms with Crippen LogP contribution in [0.15, 0.2) is 48.5 Å². The molecule has 0 unspecified atom stereocenters. The molecular weight excluding hydrogens is 356 g/mol. The minimum atomic E-state index is -0.626. The van der Waals surface area contributed by atoms with E-state index in [1.54, 1.807) is 30.3 Å². The normalized spacial score (nSPS) is 10.1. The average molecular weight is 375 g/mol. The zero-order valence-corrected chi connectivity index (χ0v) is 15.0. The summed E-state index contributed by atoms with van der Waals surface area (Å²) in [5, 5.41) is 5.63. The Morgan fingerprint density at radius 1 is 0.962 bits per heavy atom. The van der Waals surface area contributed by atoms with Crippen molar-refractivity contribution in [1.29, 1.82) is 0 Å².